The summed E-state index contributed by atoms with van der Waals surface area (Å²) < 4.78 is 0.976. The average molecular weight is 434 g/mol. The minimum atomic E-state index is -0.199. The maximum absolute atomic E-state index is 12.8. The molecule has 1 aliphatic heterocycles. The van der Waals surface area contributed by atoms with E-state index in [9.17, 15) is 9.59 Å². The molecule has 0 spiro atoms. The molecular formula is C19H19IN2O2. The van der Waals surface area contributed by atoms with Gasteiger partial charge < -0.3 is 10.2 Å². The van der Waals surface area contributed by atoms with Crippen LogP contribution in [-0.2, 0) is 0 Å². The third kappa shape index (κ3) is 3.77. The molecule has 4 nitrogen and oxygen atoms in total. The molecule has 2 aromatic carbocycles. The van der Waals surface area contributed by atoms with E-state index in [2.05, 4.69) is 27.9 Å². The summed E-state index contributed by atoms with van der Waals surface area (Å²) in [5.41, 5.74) is 2.75. The Morgan fingerprint density at radius 3 is 2.54 bits per heavy atom. The normalized spacial score (nSPS) is 13.8. The van der Waals surface area contributed by atoms with Crippen molar-refractivity contribution in [3.8, 4) is 0 Å². The molecule has 1 aliphatic rings. The first-order chi connectivity index (χ1) is 11.5. The van der Waals surface area contributed by atoms with Gasteiger partial charge in [-0.15, -0.1) is 0 Å². The fourth-order valence-electron chi connectivity index (χ4n) is 2.87. The van der Waals surface area contributed by atoms with E-state index in [4.69, 9.17) is 0 Å². The van der Waals surface area contributed by atoms with Gasteiger partial charge in [0.05, 0.1) is 11.3 Å². The lowest BCUT2D eigenvalue weighted by Crippen LogP contribution is -2.29. The summed E-state index contributed by atoms with van der Waals surface area (Å²) in [5.74, 6) is -0.207. The molecule has 2 amide bonds. The number of amides is 2. The van der Waals surface area contributed by atoms with Crippen molar-refractivity contribution in [3.05, 3.63) is 62.7 Å². The summed E-state index contributed by atoms with van der Waals surface area (Å²) in [4.78, 5) is 27.1. The molecule has 0 radical (unpaired) electrons. The van der Waals surface area contributed by atoms with E-state index in [1.807, 2.05) is 42.2 Å². The Morgan fingerprint density at radius 2 is 1.83 bits per heavy atom. The van der Waals surface area contributed by atoms with E-state index in [1.54, 1.807) is 12.1 Å². The second-order valence-electron chi connectivity index (χ2n) is 6.01. The van der Waals surface area contributed by atoms with Gasteiger partial charge in [0.1, 0.15) is 0 Å². The van der Waals surface area contributed by atoms with Crippen LogP contribution in [0.5, 0.6) is 0 Å². The molecule has 0 atom stereocenters. The molecule has 124 valence electrons. The molecule has 0 saturated carbocycles. The number of benzene rings is 2. The van der Waals surface area contributed by atoms with Crippen molar-refractivity contribution in [3.63, 3.8) is 0 Å². The fourth-order valence-corrected chi connectivity index (χ4v) is 3.36. The van der Waals surface area contributed by atoms with E-state index in [0.29, 0.717) is 16.8 Å². The van der Waals surface area contributed by atoms with Crippen molar-refractivity contribution in [1.29, 1.82) is 0 Å². The monoisotopic (exact) mass is 434 g/mol. The molecule has 5 heteroatoms. The number of carbonyl (C=O) groups is 2. The smallest absolute Gasteiger partial charge is 0.256 e. The van der Waals surface area contributed by atoms with Crippen LogP contribution in [0.2, 0.25) is 0 Å². The minimum absolute atomic E-state index is 0.00874. The second-order valence-corrected chi connectivity index (χ2v) is 7.26. The quantitative estimate of drug-likeness (QED) is 0.741. The summed E-state index contributed by atoms with van der Waals surface area (Å²) in [7, 11) is 0. The maximum Gasteiger partial charge on any atom is 0.256 e. The van der Waals surface area contributed by atoms with Crippen molar-refractivity contribution in [2.24, 2.45) is 0 Å². The molecule has 3 rings (SSSR count). The number of aryl methyl sites for hydroxylation is 1. The molecule has 2 aromatic rings. The van der Waals surface area contributed by atoms with Crippen LogP contribution >= 0.6 is 22.6 Å². The first-order valence-electron chi connectivity index (χ1n) is 8.01. The van der Waals surface area contributed by atoms with E-state index in [0.717, 1.165) is 35.1 Å². The fraction of sp³-hybridized carbons (Fsp3) is 0.263. The molecule has 0 aromatic heterocycles. The highest BCUT2D eigenvalue weighted by atomic mass is 127. The predicted octanol–water partition coefficient (Wildman–Crippen LogP) is 4.09. The number of hydrogen-bond acceptors (Lipinski definition) is 2. The third-order valence-corrected chi connectivity index (χ3v) is 4.80. The van der Waals surface area contributed by atoms with Crippen molar-refractivity contribution in [2.45, 2.75) is 19.8 Å². The topological polar surface area (TPSA) is 49.4 Å². The van der Waals surface area contributed by atoms with Crippen molar-refractivity contribution < 1.29 is 9.59 Å². The van der Waals surface area contributed by atoms with Gasteiger partial charge in [0, 0.05) is 22.2 Å². The number of rotatable bonds is 3. The van der Waals surface area contributed by atoms with Gasteiger partial charge in [-0.05, 0) is 72.7 Å². The van der Waals surface area contributed by atoms with Crippen LogP contribution in [0.3, 0.4) is 0 Å². The number of halogens is 1. The zero-order valence-electron chi connectivity index (χ0n) is 13.5. The molecule has 1 fully saturated rings. The lowest BCUT2D eigenvalue weighted by molar-refractivity contribution is 0.0794. The Hall–Kier alpha value is -1.89. The van der Waals surface area contributed by atoms with Crippen LogP contribution in [0.4, 0.5) is 5.69 Å². The van der Waals surface area contributed by atoms with Crippen LogP contribution in [-0.4, -0.2) is 29.8 Å². The second kappa shape index (κ2) is 7.34. The molecule has 1 saturated heterocycles. The van der Waals surface area contributed by atoms with Crippen LogP contribution in [0, 0.1) is 10.5 Å². The van der Waals surface area contributed by atoms with Gasteiger partial charge in [-0.3, -0.25) is 9.59 Å². The van der Waals surface area contributed by atoms with Gasteiger partial charge in [0.2, 0.25) is 0 Å². The van der Waals surface area contributed by atoms with E-state index >= 15 is 0 Å². The number of likely N-dealkylation sites (tertiary alicyclic amines) is 1. The Bertz CT molecular complexity index is 783. The highest BCUT2D eigenvalue weighted by molar-refractivity contribution is 14.1. The number of nitrogens with zero attached hydrogens (tertiary/aromatic N) is 1. The first kappa shape index (κ1) is 17.0. The largest absolute Gasteiger partial charge is 0.339 e. The van der Waals surface area contributed by atoms with Gasteiger partial charge in [-0.1, -0.05) is 17.7 Å². The lowest BCUT2D eigenvalue weighted by Gasteiger charge is -2.18. The molecule has 0 bridgehead atoms. The van der Waals surface area contributed by atoms with E-state index in [1.165, 1.54) is 0 Å². The Morgan fingerprint density at radius 1 is 1.08 bits per heavy atom. The predicted molar refractivity (Wildman–Crippen MR) is 103 cm³/mol. The molecular weight excluding hydrogens is 415 g/mol. The van der Waals surface area contributed by atoms with Gasteiger partial charge in [0.15, 0.2) is 0 Å². The maximum atomic E-state index is 12.8. The van der Waals surface area contributed by atoms with Gasteiger partial charge in [0.25, 0.3) is 11.8 Å². The molecule has 1 N–H and O–H groups in total. The van der Waals surface area contributed by atoms with Gasteiger partial charge in [-0.2, -0.15) is 0 Å². The van der Waals surface area contributed by atoms with Crippen LogP contribution < -0.4 is 5.32 Å². The highest BCUT2D eigenvalue weighted by Gasteiger charge is 2.23. The zero-order chi connectivity index (χ0) is 17.1. The Balaban J connectivity index is 1.87. The summed E-state index contributed by atoms with van der Waals surface area (Å²) >= 11 is 2.18. The number of nitrogens with one attached hydrogen (secondary N) is 1. The molecule has 0 unspecified atom stereocenters. The SMILES string of the molecule is Cc1cccc(C(=O)Nc2ccc(I)cc2C(=O)N2CCCC2)c1. The zero-order valence-corrected chi connectivity index (χ0v) is 15.7. The van der Waals surface area contributed by atoms with Crippen molar-refractivity contribution in [1.82, 2.24) is 4.90 Å². The third-order valence-electron chi connectivity index (χ3n) is 4.13. The molecule has 24 heavy (non-hydrogen) atoms. The van der Waals surface area contributed by atoms with Crippen molar-refractivity contribution in [2.75, 3.05) is 18.4 Å². The first-order valence-corrected chi connectivity index (χ1v) is 9.09. The minimum Gasteiger partial charge on any atom is -0.339 e. The van der Waals surface area contributed by atoms with E-state index < -0.39 is 0 Å². The highest BCUT2D eigenvalue weighted by Crippen LogP contribution is 2.23. The molecule has 1 heterocycles. The summed E-state index contributed by atoms with van der Waals surface area (Å²) in [5, 5.41) is 2.90. The summed E-state index contributed by atoms with van der Waals surface area (Å²) in [6, 6.07) is 13.0. The lowest BCUT2D eigenvalue weighted by atomic mass is 10.1. The van der Waals surface area contributed by atoms with Gasteiger partial charge >= 0.3 is 0 Å². The number of anilines is 1. The summed E-state index contributed by atoms with van der Waals surface area (Å²) in [6.07, 6.45) is 2.08. The van der Waals surface area contributed by atoms with Gasteiger partial charge in [-0.25, -0.2) is 0 Å². The number of hydrogen-bond donors (Lipinski definition) is 1. The Labute approximate surface area is 155 Å². The molecule has 0 aliphatic carbocycles. The van der Waals surface area contributed by atoms with Crippen LogP contribution in [0.1, 0.15) is 39.1 Å². The standard InChI is InChI=1S/C19H19IN2O2/c1-13-5-4-6-14(11-13)18(23)21-17-8-7-15(20)12-16(17)19(24)22-9-2-3-10-22/h4-8,11-12H,2-3,9-10H2,1H3,(H,21,23). The van der Waals surface area contributed by atoms with E-state index in [-0.39, 0.29) is 11.8 Å². The summed E-state index contributed by atoms with van der Waals surface area (Å²) in [6.45, 7) is 3.52. The van der Waals surface area contributed by atoms with Crippen LogP contribution in [0.15, 0.2) is 42.5 Å². The van der Waals surface area contributed by atoms with Crippen LogP contribution in [0.25, 0.3) is 0 Å². The Kier molecular flexibility index (Phi) is 5.18. The van der Waals surface area contributed by atoms with Crippen molar-refractivity contribution >= 4 is 40.1 Å². The average Bonchev–Trinajstić information content (AvgIpc) is 3.10. The number of carbonyl (C=O) groups excluding carboxylic acids is 2.